The van der Waals surface area contributed by atoms with Gasteiger partial charge in [0.25, 0.3) is 5.56 Å². The minimum absolute atomic E-state index is 0.0694. The van der Waals surface area contributed by atoms with Crippen molar-refractivity contribution in [3.8, 4) is 11.3 Å². The van der Waals surface area contributed by atoms with Crippen molar-refractivity contribution in [3.63, 3.8) is 0 Å². The van der Waals surface area contributed by atoms with Gasteiger partial charge >= 0.3 is 0 Å². The minimum Gasteiger partial charge on any atom is -0.324 e. The van der Waals surface area contributed by atoms with Gasteiger partial charge in [-0.15, -0.1) is 0 Å². The van der Waals surface area contributed by atoms with Crippen molar-refractivity contribution < 1.29 is 4.79 Å². The summed E-state index contributed by atoms with van der Waals surface area (Å²) in [6, 6.07) is 16.8. The smallest absolute Gasteiger partial charge is 0.254 e. The molecule has 2 aromatic carbocycles. The molecule has 0 radical (unpaired) electrons. The second-order valence-corrected chi connectivity index (χ2v) is 6.35. The molecular formula is C21H21N3O2. The van der Waals surface area contributed by atoms with E-state index in [1.54, 1.807) is 6.92 Å². The zero-order chi connectivity index (χ0) is 18.7. The maximum atomic E-state index is 12.5. The summed E-state index contributed by atoms with van der Waals surface area (Å²) in [4.78, 5) is 29.3. The first-order valence-electron chi connectivity index (χ1n) is 8.45. The fraction of sp³-hybridized carbons (Fsp3) is 0.190. The topological polar surface area (TPSA) is 64.0 Å². The SMILES string of the molecule is Cc1ccc(NC(=O)Cn2c(C)nc(-c3ccccc3)cc2=O)c(C)c1. The standard InChI is InChI=1S/C21H21N3O2/c1-14-9-10-18(15(2)11-14)23-20(25)13-24-16(3)22-19(12-21(24)26)17-7-5-4-6-8-17/h4-12H,13H2,1-3H3,(H,23,25). The van der Waals surface area contributed by atoms with Gasteiger partial charge in [-0.1, -0.05) is 48.0 Å². The lowest BCUT2D eigenvalue weighted by Gasteiger charge is -2.12. The highest BCUT2D eigenvalue weighted by Gasteiger charge is 2.11. The number of benzene rings is 2. The fourth-order valence-electron chi connectivity index (χ4n) is 2.86. The van der Waals surface area contributed by atoms with E-state index in [4.69, 9.17) is 0 Å². The summed E-state index contributed by atoms with van der Waals surface area (Å²) in [5.74, 6) is 0.253. The molecule has 0 fully saturated rings. The zero-order valence-electron chi connectivity index (χ0n) is 15.1. The van der Waals surface area contributed by atoms with Gasteiger partial charge in [0, 0.05) is 17.3 Å². The first kappa shape index (κ1) is 17.6. The Bertz CT molecular complexity index is 1010. The van der Waals surface area contributed by atoms with E-state index in [1.807, 2.05) is 62.4 Å². The van der Waals surface area contributed by atoms with Crippen molar-refractivity contribution in [2.75, 3.05) is 5.32 Å². The van der Waals surface area contributed by atoms with Crippen molar-refractivity contribution in [2.45, 2.75) is 27.3 Å². The number of hydrogen-bond acceptors (Lipinski definition) is 3. The summed E-state index contributed by atoms with van der Waals surface area (Å²) in [6.45, 7) is 5.61. The van der Waals surface area contributed by atoms with Crippen LogP contribution in [0.5, 0.6) is 0 Å². The number of rotatable bonds is 4. The highest BCUT2D eigenvalue weighted by molar-refractivity contribution is 5.91. The van der Waals surface area contributed by atoms with Crippen molar-refractivity contribution in [2.24, 2.45) is 0 Å². The lowest BCUT2D eigenvalue weighted by molar-refractivity contribution is -0.116. The molecule has 132 valence electrons. The second-order valence-electron chi connectivity index (χ2n) is 6.35. The first-order valence-corrected chi connectivity index (χ1v) is 8.45. The van der Waals surface area contributed by atoms with Crippen LogP contribution < -0.4 is 10.9 Å². The summed E-state index contributed by atoms with van der Waals surface area (Å²) < 4.78 is 1.38. The highest BCUT2D eigenvalue weighted by atomic mass is 16.2. The molecule has 1 N–H and O–H groups in total. The number of carbonyl (C=O) groups is 1. The van der Waals surface area contributed by atoms with E-state index in [0.717, 1.165) is 22.4 Å². The van der Waals surface area contributed by atoms with Crippen LogP contribution in [-0.4, -0.2) is 15.5 Å². The van der Waals surface area contributed by atoms with E-state index >= 15 is 0 Å². The van der Waals surface area contributed by atoms with Crippen molar-refractivity contribution in [1.29, 1.82) is 0 Å². The lowest BCUT2D eigenvalue weighted by Crippen LogP contribution is -2.30. The van der Waals surface area contributed by atoms with Gasteiger partial charge in [-0.05, 0) is 32.4 Å². The van der Waals surface area contributed by atoms with Gasteiger partial charge < -0.3 is 5.32 Å². The Labute approximate surface area is 152 Å². The molecular weight excluding hydrogens is 326 g/mol. The summed E-state index contributed by atoms with van der Waals surface area (Å²) in [7, 11) is 0. The van der Waals surface area contributed by atoms with Gasteiger partial charge in [-0.25, -0.2) is 4.98 Å². The van der Waals surface area contributed by atoms with Crippen LogP contribution in [0.3, 0.4) is 0 Å². The van der Waals surface area contributed by atoms with E-state index in [-0.39, 0.29) is 18.0 Å². The van der Waals surface area contributed by atoms with Gasteiger partial charge in [0.1, 0.15) is 12.4 Å². The Morgan fingerprint density at radius 2 is 1.77 bits per heavy atom. The number of anilines is 1. The Hall–Kier alpha value is -3.21. The highest BCUT2D eigenvalue weighted by Crippen LogP contribution is 2.17. The zero-order valence-corrected chi connectivity index (χ0v) is 15.1. The number of hydrogen-bond donors (Lipinski definition) is 1. The van der Waals surface area contributed by atoms with Crippen LogP contribution in [0.15, 0.2) is 59.4 Å². The van der Waals surface area contributed by atoms with Crippen molar-refractivity contribution in [1.82, 2.24) is 9.55 Å². The normalized spacial score (nSPS) is 10.6. The van der Waals surface area contributed by atoms with Crippen LogP contribution in [0.25, 0.3) is 11.3 Å². The van der Waals surface area contributed by atoms with Crippen molar-refractivity contribution in [3.05, 3.63) is 81.9 Å². The molecule has 1 aromatic heterocycles. The average Bonchev–Trinajstić information content (AvgIpc) is 2.61. The molecule has 0 aliphatic rings. The molecule has 5 nitrogen and oxygen atoms in total. The second kappa shape index (κ2) is 7.35. The van der Waals surface area contributed by atoms with Crippen LogP contribution >= 0.6 is 0 Å². The summed E-state index contributed by atoms with van der Waals surface area (Å²) in [6.07, 6.45) is 0. The molecule has 5 heteroatoms. The molecule has 26 heavy (non-hydrogen) atoms. The Morgan fingerprint density at radius 1 is 1.04 bits per heavy atom. The minimum atomic E-state index is -0.253. The molecule has 0 spiro atoms. The number of aromatic nitrogens is 2. The Morgan fingerprint density at radius 3 is 2.42 bits per heavy atom. The molecule has 0 aliphatic carbocycles. The largest absolute Gasteiger partial charge is 0.324 e. The molecule has 0 saturated heterocycles. The van der Waals surface area contributed by atoms with E-state index in [0.29, 0.717) is 11.5 Å². The lowest BCUT2D eigenvalue weighted by atomic mass is 10.1. The monoisotopic (exact) mass is 347 g/mol. The number of nitrogens with zero attached hydrogens (tertiary/aromatic N) is 2. The van der Waals surface area contributed by atoms with Crippen molar-refractivity contribution >= 4 is 11.6 Å². The van der Waals surface area contributed by atoms with Crippen LogP contribution in [0.1, 0.15) is 17.0 Å². The predicted octanol–water partition coefficient (Wildman–Crippen LogP) is 3.47. The van der Waals surface area contributed by atoms with Gasteiger partial charge in [0.05, 0.1) is 5.69 Å². The molecule has 0 saturated carbocycles. The molecule has 3 rings (SSSR count). The fourth-order valence-corrected chi connectivity index (χ4v) is 2.86. The molecule has 0 aliphatic heterocycles. The number of aryl methyl sites for hydroxylation is 3. The molecule has 1 amide bonds. The van der Waals surface area contributed by atoms with E-state index < -0.39 is 0 Å². The maximum absolute atomic E-state index is 12.5. The number of nitrogens with one attached hydrogen (secondary N) is 1. The Balaban J connectivity index is 1.81. The van der Waals surface area contributed by atoms with Gasteiger partial charge in [-0.3, -0.25) is 14.2 Å². The molecule has 0 bridgehead atoms. The van der Waals surface area contributed by atoms with Crippen LogP contribution in [0.4, 0.5) is 5.69 Å². The first-order chi connectivity index (χ1) is 12.4. The molecule has 0 unspecified atom stereocenters. The Kier molecular flexibility index (Phi) is 4.98. The molecule has 3 aromatic rings. The van der Waals surface area contributed by atoms with Gasteiger partial charge in [-0.2, -0.15) is 0 Å². The molecule has 1 heterocycles. The molecule has 0 atom stereocenters. The third-order valence-corrected chi connectivity index (χ3v) is 4.23. The van der Waals surface area contributed by atoms with Crippen LogP contribution in [0.2, 0.25) is 0 Å². The van der Waals surface area contributed by atoms with E-state index in [2.05, 4.69) is 10.3 Å². The van der Waals surface area contributed by atoms with E-state index in [1.165, 1.54) is 10.6 Å². The predicted molar refractivity (Wildman–Crippen MR) is 103 cm³/mol. The van der Waals surface area contributed by atoms with Crippen LogP contribution in [-0.2, 0) is 11.3 Å². The van der Waals surface area contributed by atoms with Gasteiger partial charge in [0.2, 0.25) is 5.91 Å². The number of amides is 1. The third-order valence-electron chi connectivity index (χ3n) is 4.23. The summed E-state index contributed by atoms with van der Waals surface area (Å²) in [5.41, 5.74) is 4.11. The third kappa shape index (κ3) is 3.88. The summed E-state index contributed by atoms with van der Waals surface area (Å²) in [5, 5.41) is 2.86. The average molecular weight is 347 g/mol. The summed E-state index contributed by atoms with van der Waals surface area (Å²) >= 11 is 0. The quantitative estimate of drug-likeness (QED) is 0.786. The van der Waals surface area contributed by atoms with E-state index in [9.17, 15) is 9.59 Å². The van der Waals surface area contributed by atoms with Crippen LogP contribution in [0, 0.1) is 20.8 Å². The number of carbonyl (C=O) groups excluding carboxylic acids is 1. The maximum Gasteiger partial charge on any atom is 0.254 e. The van der Waals surface area contributed by atoms with Gasteiger partial charge in [0.15, 0.2) is 0 Å².